The Bertz CT molecular complexity index is 1030. The molecule has 196 valence electrons. The number of nitrogens with one attached hydrogen (secondary N) is 2. The minimum absolute atomic E-state index is 0.0976. The minimum atomic E-state index is -1.11. The largest absolute Gasteiger partial charge is 0.508 e. The number of carbonyl (C=O) groups is 3. The van der Waals surface area contributed by atoms with Gasteiger partial charge in [0.15, 0.2) is 0 Å². The Morgan fingerprint density at radius 3 is 2.03 bits per heavy atom. The van der Waals surface area contributed by atoms with Crippen LogP contribution in [0.4, 0.5) is 4.79 Å². The van der Waals surface area contributed by atoms with Gasteiger partial charge in [0.2, 0.25) is 11.8 Å². The van der Waals surface area contributed by atoms with Gasteiger partial charge in [-0.15, -0.1) is 0 Å². The molecule has 3 amide bonds. The molecule has 3 N–H and O–H groups in total. The first-order valence-corrected chi connectivity index (χ1v) is 12.2. The molecule has 0 radical (unpaired) electrons. The summed E-state index contributed by atoms with van der Waals surface area (Å²) in [6.45, 7) is 12.5. The fourth-order valence-electron chi connectivity index (χ4n) is 3.86. The number of para-hydroxylation sites is 1. The molecule has 8 heteroatoms. The van der Waals surface area contributed by atoms with Gasteiger partial charge in [-0.05, 0) is 60.1 Å². The number of rotatable bonds is 9. The molecule has 0 aromatic heterocycles. The number of nitrogens with zero attached hydrogens (tertiary/aromatic N) is 1. The van der Waals surface area contributed by atoms with Crippen molar-refractivity contribution in [3.05, 3.63) is 65.7 Å². The van der Waals surface area contributed by atoms with E-state index in [1.165, 1.54) is 11.0 Å². The third-order valence-corrected chi connectivity index (χ3v) is 5.27. The number of ether oxygens (including phenoxy) is 1. The van der Waals surface area contributed by atoms with Crippen LogP contribution in [0.2, 0.25) is 0 Å². The second-order valence-electron chi connectivity index (χ2n) is 10.4. The van der Waals surface area contributed by atoms with E-state index >= 15 is 0 Å². The molecule has 2 rings (SSSR count). The van der Waals surface area contributed by atoms with Crippen molar-refractivity contribution in [3.63, 3.8) is 0 Å². The van der Waals surface area contributed by atoms with Gasteiger partial charge in [-0.3, -0.25) is 9.59 Å². The minimum Gasteiger partial charge on any atom is -0.508 e. The lowest BCUT2D eigenvalue weighted by Crippen LogP contribution is -2.56. The molecule has 0 aliphatic rings. The van der Waals surface area contributed by atoms with Crippen molar-refractivity contribution < 1.29 is 24.2 Å². The third kappa shape index (κ3) is 8.29. The number of hydrogen-bond acceptors (Lipinski definition) is 5. The maximum Gasteiger partial charge on any atom is 0.408 e. The van der Waals surface area contributed by atoms with Gasteiger partial charge in [-0.1, -0.05) is 48.5 Å². The highest BCUT2D eigenvalue weighted by Crippen LogP contribution is 2.31. The molecule has 2 aromatic rings. The molecule has 0 bridgehead atoms. The normalized spacial score (nSPS) is 13.1. The number of benzene rings is 2. The molecule has 0 fully saturated rings. The standard InChI is InChI=1S/C28H39N3O5/c1-18(2)29-25(33)24(21-15-11-12-16-23(21)32)31(19(3)4)26(34)22(17-20-13-9-8-10-14-20)30-27(35)36-28(5,6)7/h8-16,18-19,22,24,32H,17H2,1-7H3,(H,29,33)(H,30,35). The van der Waals surface area contributed by atoms with Crippen molar-refractivity contribution in [3.8, 4) is 5.75 Å². The van der Waals surface area contributed by atoms with Crippen molar-refractivity contribution >= 4 is 17.9 Å². The highest BCUT2D eigenvalue weighted by molar-refractivity contribution is 5.93. The van der Waals surface area contributed by atoms with Crippen LogP contribution in [0, 0.1) is 0 Å². The van der Waals surface area contributed by atoms with E-state index in [1.807, 2.05) is 44.2 Å². The summed E-state index contributed by atoms with van der Waals surface area (Å²) in [7, 11) is 0. The summed E-state index contributed by atoms with van der Waals surface area (Å²) in [5, 5.41) is 16.2. The first-order chi connectivity index (χ1) is 16.8. The van der Waals surface area contributed by atoms with Crippen molar-refractivity contribution in [1.29, 1.82) is 0 Å². The van der Waals surface area contributed by atoms with E-state index in [2.05, 4.69) is 10.6 Å². The molecule has 0 heterocycles. The predicted molar refractivity (Wildman–Crippen MR) is 139 cm³/mol. The molecule has 0 aliphatic heterocycles. The van der Waals surface area contributed by atoms with Gasteiger partial charge in [0.25, 0.3) is 0 Å². The van der Waals surface area contributed by atoms with Gasteiger partial charge >= 0.3 is 6.09 Å². The number of carbonyl (C=O) groups excluding carboxylic acids is 3. The van der Waals surface area contributed by atoms with Gasteiger partial charge in [-0.25, -0.2) is 4.79 Å². The molecule has 36 heavy (non-hydrogen) atoms. The Balaban J connectivity index is 2.54. The first kappa shape index (κ1) is 28.7. The topological polar surface area (TPSA) is 108 Å². The second kappa shape index (κ2) is 12.4. The fourth-order valence-corrected chi connectivity index (χ4v) is 3.86. The molecule has 2 atom stereocenters. The van der Waals surface area contributed by atoms with E-state index in [0.29, 0.717) is 5.56 Å². The van der Waals surface area contributed by atoms with Crippen molar-refractivity contribution in [2.45, 2.75) is 84.7 Å². The lowest BCUT2D eigenvalue weighted by Gasteiger charge is -2.37. The Morgan fingerprint density at radius 1 is 0.917 bits per heavy atom. The van der Waals surface area contributed by atoms with Crippen LogP contribution in [0.25, 0.3) is 0 Å². The summed E-state index contributed by atoms with van der Waals surface area (Å²) in [6, 6.07) is 13.0. The highest BCUT2D eigenvalue weighted by Gasteiger charge is 2.39. The molecular formula is C28H39N3O5. The summed E-state index contributed by atoms with van der Waals surface area (Å²) in [6.07, 6.45) is -0.534. The van der Waals surface area contributed by atoms with E-state index in [0.717, 1.165) is 5.56 Å². The number of alkyl carbamates (subject to hydrolysis) is 1. The van der Waals surface area contributed by atoms with Crippen LogP contribution in [0.3, 0.4) is 0 Å². The fraction of sp³-hybridized carbons (Fsp3) is 0.464. The van der Waals surface area contributed by atoms with Crippen molar-refractivity contribution in [2.24, 2.45) is 0 Å². The van der Waals surface area contributed by atoms with Gasteiger partial charge in [-0.2, -0.15) is 0 Å². The van der Waals surface area contributed by atoms with Gasteiger partial charge in [0.05, 0.1) is 0 Å². The average Bonchev–Trinajstić information content (AvgIpc) is 2.76. The molecule has 0 spiro atoms. The average molecular weight is 498 g/mol. The summed E-state index contributed by atoms with van der Waals surface area (Å²) >= 11 is 0. The van der Waals surface area contributed by atoms with E-state index in [4.69, 9.17) is 4.74 Å². The number of amides is 3. The van der Waals surface area contributed by atoms with Crippen molar-refractivity contribution in [2.75, 3.05) is 0 Å². The van der Waals surface area contributed by atoms with Crippen LogP contribution >= 0.6 is 0 Å². The number of phenols is 1. The molecule has 2 aromatic carbocycles. The Kier molecular flexibility index (Phi) is 9.90. The zero-order valence-electron chi connectivity index (χ0n) is 22.2. The maximum absolute atomic E-state index is 14.1. The van der Waals surface area contributed by atoms with Gasteiger partial charge < -0.3 is 25.4 Å². The smallest absolute Gasteiger partial charge is 0.408 e. The Morgan fingerprint density at radius 2 is 1.50 bits per heavy atom. The lowest BCUT2D eigenvalue weighted by molar-refractivity contribution is -0.144. The molecule has 2 unspecified atom stereocenters. The van der Waals surface area contributed by atoms with Gasteiger partial charge in [0, 0.05) is 24.1 Å². The highest BCUT2D eigenvalue weighted by atomic mass is 16.6. The van der Waals surface area contributed by atoms with E-state index in [9.17, 15) is 19.5 Å². The molecule has 0 aliphatic carbocycles. The van der Waals surface area contributed by atoms with Crippen LogP contribution in [0.15, 0.2) is 54.6 Å². The first-order valence-electron chi connectivity index (χ1n) is 12.2. The van der Waals surface area contributed by atoms with Crippen LogP contribution in [-0.2, 0) is 20.7 Å². The van der Waals surface area contributed by atoms with Crippen molar-refractivity contribution in [1.82, 2.24) is 15.5 Å². The second-order valence-corrected chi connectivity index (χ2v) is 10.4. The number of phenolic OH excluding ortho intramolecular Hbond substituents is 1. The third-order valence-electron chi connectivity index (χ3n) is 5.27. The zero-order chi connectivity index (χ0) is 27.0. The summed E-state index contributed by atoms with van der Waals surface area (Å²) < 4.78 is 5.42. The molecule has 0 saturated carbocycles. The predicted octanol–water partition coefficient (Wildman–Crippen LogP) is 4.33. The molecular weight excluding hydrogens is 458 g/mol. The van der Waals surface area contributed by atoms with Crippen LogP contribution in [0.1, 0.15) is 65.6 Å². The maximum atomic E-state index is 14.1. The van der Waals surface area contributed by atoms with Crippen LogP contribution in [-0.4, -0.2) is 51.6 Å². The summed E-state index contributed by atoms with van der Waals surface area (Å²) in [4.78, 5) is 41.6. The van der Waals surface area contributed by atoms with E-state index < -0.39 is 41.6 Å². The quantitative estimate of drug-likeness (QED) is 0.478. The number of aromatic hydroxyl groups is 1. The molecule has 8 nitrogen and oxygen atoms in total. The lowest BCUT2D eigenvalue weighted by atomic mass is 9.98. The molecule has 0 saturated heterocycles. The van der Waals surface area contributed by atoms with E-state index in [1.54, 1.807) is 52.8 Å². The monoisotopic (exact) mass is 497 g/mol. The Labute approximate surface area is 214 Å². The summed E-state index contributed by atoms with van der Waals surface area (Å²) in [5.74, 6) is -0.990. The van der Waals surface area contributed by atoms with Gasteiger partial charge in [0.1, 0.15) is 23.4 Å². The van der Waals surface area contributed by atoms with Crippen LogP contribution in [0.5, 0.6) is 5.75 Å². The SMILES string of the molecule is CC(C)NC(=O)C(c1ccccc1O)N(C(=O)C(Cc1ccccc1)NC(=O)OC(C)(C)C)C(C)C. The van der Waals surface area contributed by atoms with E-state index in [-0.39, 0.29) is 18.2 Å². The summed E-state index contributed by atoms with van der Waals surface area (Å²) in [5.41, 5.74) is 0.382. The zero-order valence-corrected chi connectivity index (χ0v) is 22.2. The van der Waals surface area contributed by atoms with Crippen LogP contribution < -0.4 is 10.6 Å². The Hall–Kier alpha value is -3.55. The number of hydrogen-bond donors (Lipinski definition) is 3.